The minimum Gasteiger partial charge on any atom is -0.393 e. The molecule has 1 saturated heterocycles. The molecule has 2 atom stereocenters. The fourth-order valence-corrected chi connectivity index (χ4v) is 3.30. The van der Waals surface area contributed by atoms with Crippen LogP contribution in [0.25, 0.3) is 0 Å². The second-order valence-corrected chi connectivity index (χ2v) is 5.72. The van der Waals surface area contributed by atoms with E-state index >= 15 is 0 Å². The predicted molar refractivity (Wildman–Crippen MR) is 70.5 cm³/mol. The van der Waals surface area contributed by atoms with E-state index in [0.717, 1.165) is 31.7 Å². The Kier molecular flexibility index (Phi) is 3.39. The average molecular weight is 249 g/mol. The van der Waals surface area contributed by atoms with Crippen LogP contribution in [0.3, 0.4) is 0 Å². The largest absolute Gasteiger partial charge is 0.393 e. The van der Waals surface area contributed by atoms with Crippen molar-refractivity contribution in [3.8, 4) is 0 Å². The number of nitrogens with zero attached hydrogens (tertiary/aromatic N) is 3. The lowest BCUT2D eigenvalue weighted by atomic mass is 10.0. The summed E-state index contributed by atoms with van der Waals surface area (Å²) >= 11 is 0. The van der Waals surface area contributed by atoms with Crippen molar-refractivity contribution in [3.63, 3.8) is 0 Å². The summed E-state index contributed by atoms with van der Waals surface area (Å²) in [6.45, 7) is 6.81. The first-order valence-electron chi connectivity index (χ1n) is 7.20. The molecule has 3 heterocycles. The van der Waals surface area contributed by atoms with Crippen LogP contribution in [0.1, 0.15) is 31.3 Å². The lowest BCUT2D eigenvalue weighted by molar-refractivity contribution is 0.142. The average Bonchev–Trinajstić information content (AvgIpc) is 2.97. The summed E-state index contributed by atoms with van der Waals surface area (Å²) in [5, 5.41) is 9.67. The van der Waals surface area contributed by atoms with Crippen molar-refractivity contribution >= 4 is 0 Å². The molecule has 0 radical (unpaired) electrons. The summed E-state index contributed by atoms with van der Waals surface area (Å²) in [6, 6.07) is 0. The summed E-state index contributed by atoms with van der Waals surface area (Å²) < 4.78 is 2.33. The van der Waals surface area contributed by atoms with Crippen LogP contribution in [0.5, 0.6) is 0 Å². The number of hydrogen-bond acceptors (Lipinski definition) is 3. The molecule has 0 amide bonds. The molecule has 0 aliphatic carbocycles. The lowest BCUT2D eigenvalue weighted by Gasteiger charge is -2.22. The van der Waals surface area contributed by atoms with Crippen molar-refractivity contribution in [1.29, 1.82) is 0 Å². The molecule has 2 unspecified atom stereocenters. The monoisotopic (exact) mass is 249 g/mol. The second kappa shape index (κ2) is 5.02. The van der Waals surface area contributed by atoms with Crippen LogP contribution in [0.4, 0.5) is 0 Å². The molecule has 0 saturated carbocycles. The van der Waals surface area contributed by atoms with Gasteiger partial charge in [-0.25, -0.2) is 4.98 Å². The molecule has 1 aromatic rings. The molecule has 4 nitrogen and oxygen atoms in total. The molecule has 1 N–H and O–H groups in total. The van der Waals surface area contributed by atoms with Gasteiger partial charge in [-0.1, -0.05) is 6.92 Å². The third-order valence-corrected chi connectivity index (χ3v) is 4.44. The number of hydrogen-bond donors (Lipinski definition) is 1. The standard InChI is InChI=1S/C14H23N3O/c1-2-16-5-3-11(10-16)7-14-15-9-12-8-13(18)4-6-17(12)14/h9,11,13,18H,2-8,10H2,1H3. The lowest BCUT2D eigenvalue weighted by Crippen LogP contribution is -2.25. The van der Waals surface area contributed by atoms with Crippen LogP contribution in [0, 0.1) is 5.92 Å². The fourth-order valence-electron chi connectivity index (χ4n) is 3.30. The fraction of sp³-hybridized carbons (Fsp3) is 0.786. The molecule has 18 heavy (non-hydrogen) atoms. The molecule has 1 aromatic heterocycles. The van der Waals surface area contributed by atoms with E-state index in [1.807, 2.05) is 6.20 Å². The molecule has 4 heteroatoms. The Bertz CT molecular complexity index is 415. The van der Waals surface area contributed by atoms with E-state index < -0.39 is 0 Å². The smallest absolute Gasteiger partial charge is 0.109 e. The molecule has 0 spiro atoms. The van der Waals surface area contributed by atoms with Gasteiger partial charge in [0, 0.05) is 37.8 Å². The Morgan fingerprint density at radius 3 is 3.06 bits per heavy atom. The Labute approximate surface area is 109 Å². The zero-order valence-corrected chi connectivity index (χ0v) is 11.2. The SMILES string of the molecule is CCN1CCC(Cc2ncc3n2CCC(O)C3)C1. The highest BCUT2D eigenvalue weighted by molar-refractivity contribution is 5.10. The molecule has 0 aromatic carbocycles. The first kappa shape index (κ1) is 12.2. The van der Waals surface area contributed by atoms with E-state index in [-0.39, 0.29) is 6.10 Å². The van der Waals surface area contributed by atoms with E-state index in [9.17, 15) is 5.11 Å². The van der Waals surface area contributed by atoms with E-state index in [0.29, 0.717) is 0 Å². The predicted octanol–water partition coefficient (Wildman–Crippen LogP) is 1.07. The van der Waals surface area contributed by atoms with Gasteiger partial charge in [-0.3, -0.25) is 0 Å². The van der Waals surface area contributed by atoms with Crippen molar-refractivity contribution in [2.24, 2.45) is 5.92 Å². The van der Waals surface area contributed by atoms with Gasteiger partial charge in [-0.2, -0.15) is 0 Å². The summed E-state index contributed by atoms with van der Waals surface area (Å²) in [5.74, 6) is 2.00. The Morgan fingerprint density at radius 1 is 1.39 bits per heavy atom. The van der Waals surface area contributed by atoms with Gasteiger partial charge in [-0.15, -0.1) is 0 Å². The van der Waals surface area contributed by atoms with Crippen molar-refractivity contribution in [2.75, 3.05) is 19.6 Å². The first-order valence-corrected chi connectivity index (χ1v) is 7.20. The molecule has 0 bridgehead atoms. The Balaban J connectivity index is 1.67. The Hall–Kier alpha value is -0.870. The van der Waals surface area contributed by atoms with Gasteiger partial charge >= 0.3 is 0 Å². The molecule has 3 rings (SSSR count). The van der Waals surface area contributed by atoms with E-state index in [4.69, 9.17) is 0 Å². The van der Waals surface area contributed by atoms with Gasteiger partial charge in [0.25, 0.3) is 0 Å². The highest BCUT2D eigenvalue weighted by Gasteiger charge is 2.25. The molecule has 100 valence electrons. The van der Waals surface area contributed by atoms with E-state index in [1.165, 1.54) is 37.6 Å². The van der Waals surface area contributed by atoms with E-state index in [1.54, 1.807) is 0 Å². The van der Waals surface area contributed by atoms with Crippen LogP contribution in [-0.4, -0.2) is 45.3 Å². The maximum Gasteiger partial charge on any atom is 0.109 e. The Morgan fingerprint density at radius 2 is 2.28 bits per heavy atom. The number of fused-ring (bicyclic) bond motifs is 1. The van der Waals surface area contributed by atoms with Crippen LogP contribution >= 0.6 is 0 Å². The van der Waals surface area contributed by atoms with Crippen molar-refractivity contribution in [3.05, 3.63) is 17.7 Å². The minimum atomic E-state index is -0.163. The number of aliphatic hydroxyl groups is 1. The van der Waals surface area contributed by atoms with Gasteiger partial charge in [0.15, 0.2) is 0 Å². The highest BCUT2D eigenvalue weighted by atomic mass is 16.3. The van der Waals surface area contributed by atoms with Crippen LogP contribution in [0.15, 0.2) is 6.20 Å². The molecule has 2 aliphatic heterocycles. The van der Waals surface area contributed by atoms with Gasteiger partial charge < -0.3 is 14.6 Å². The number of rotatable bonds is 3. The zero-order chi connectivity index (χ0) is 12.5. The number of likely N-dealkylation sites (tertiary alicyclic amines) is 1. The van der Waals surface area contributed by atoms with Crippen molar-refractivity contribution < 1.29 is 5.11 Å². The molecule has 1 fully saturated rings. The third-order valence-electron chi connectivity index (χ3n) is 4.44. The van der Waals surface area contributed by atoms with E-state index in [2.05, 4.69) is 21.4 Å². The van der Waals surface area contributed by atoms with Crippen LogP contribution < -0.4 is 0 Å². The number of imidazole rings is 1. The summed E-state index contributed by atoms with van der Waals surface area (Å²) in [7, 11) is 0. The van der Waals surface area contributed by atoms with Crippen molar-refractivity contribution in [2.45, 2.75) is 45.3 Å². The maximum atomic E-state index is 9.67. The third kappa shape index (κ3) is 2.31. The molecular formula is C14H23N3O. The first-order chi connectivity index (χ1) is 8.76. The molecule has 2 aliphatic rings. The topological polar surface area (TPSA) is 41.3 Å². The van der Waals surface area contributed by atoms with Gasteiger partial charge in [0.05, 0.1) is 6.10 Å². The summed E-state index contributed by atoms with van der Waals surface area (Å²) in [6.07, 6.45) is 5.86. The minimum absolute atomic E-state index is 0.163. The zero-order valence-electron chi connectivity index (χ0n) is 11.2. The maximum absolute atomic E-state index is 9.67. The number of aromatic nitrogens is 2. The van der Waals surface area contributed by atoms with Gasteiger partial charge in [0.2, 0.25) is 0 Å². The second-order valence-electron chi connectivity index (χ2n) is 5.72. The normalized spacial score (nSPS) is 28.6. The molecular weight excluding hydrogens is 226 g/mol. The van der Waals surface area contributed by atoms with Crippen molar-refractivity contribution in [1.82, 2.24) is 14.5 Å². The summed E-state index contributed by atoms with van der Waals surface area (Å²) in [4.78, 5) is 7.10. The van der Waals surface area contributed by atoms with Crippen LogP contribution in [-0.2, 0) is 19.4 Å². The quantitative estimate of drug-likeness (QED) is 0.871. The van der Waals surface area contributed by atoms with Crippen LogP contribution in [0.2, 0.25) is 0 Å². The van der Waals surface area contributed by atoms with Gasteiger partial charge in [-0.05, 0) is 31.8 Å². The number of aliphatic hydroxyl groups excluding tert-OH is 1. The van der Waals surface area contributed by atoms with Gasteiger partial charge in [0.1, 0.15) is 5.82 Å². The highest BCUT2D eigenvalue weighted by Crippen LogP contribution is 2.23. The summed E-state index contributed by atoms with van der Waals surface area (Å²) in [5.41, 5.74) is 1.22.